The smallest absolute Gasteiger partial charge is 0.315 e. The first-order chi connectivity index (χ1) is 8.88. The van der Waals surface area contributed by atoms with Crippen LogP contribution in [0.1, 0.15) is 20.8 Å². The number of hydrogen-bond acceptors (Lipinski definition) is 2. The Morgan fingerprint density at radius 3 is 2.53 bits per heavy atom. The number of amides is 2. The molecule has 0 aromatic heterocycles. The number of halogens is 2. The molecule has 4 nitrogen and oxygen atoms in total. The van der Waals surface area contributed by atoms with E-state index in [9.17, 15) is 13.6 Å². The summed E-state index contributed by atoms with van der Waals surface area (Å²) in [5.74, 6) is -1.47. The summed E-state index contributed by atoms with van der Waals surface area (Å²) in [5, 5.41) is 5.30. The van der Waals surface area contributed by atoms with E-state index in [0.717, 1.165) is 12.1 Å². The summed E-state index contributed by atoms with van der Waals surface area (Å²) >= 11 is 0. The molecular formula is C13H18F2N2O2. The summed E-state index contributed by atoms with van der Waals surface area (Å²) < 4.78 is 31.1. The first-order valence-electron chi connectivity index (χ1n) is 6.03. The van der Waals surface area contributed by atoms with Crippen LogP contribution in [-0.2, 0) is 0 Å². The Kier molecular flexibility index (Phi) is 5.54. The van der Waals surface area contributed by atoms with Gasteiger partial charge in [-0.1, -0.05) is 0 Å². The van der Waals surface area contributed by atoms with Crippen molar-refractivity contribution in [1.29, 1.82) is 0 Å². The summed E-state index contributed by atoms with van der Waals surface area (Å²) in [7, 11) is 0. The van der Waals surface area contributed by atoms with Gasteiger partial charge in [-0.05, 0) is 32.9 Å². The Balaban J connectivity index is 2.41. The predicted octanol–water partition coefficient (Wildman–Crippen LogP) is 2.44. The average Bonchev–Trinajstić information content (AvgIpc) is 2.26. The fraction of sp³-hybridized carbons (Fsp3) is 0.462. The molecule has 0 saturated carbocycles. The minimum atomic E-state index is -0.765. The average molecular weight is 272 g/mol. The third-order valence-corrected chi connectivity index (χ3v) is 2.18. The molecule has 0 aliphatic heterocycles. The van der Waals surface area contributed by atoms with Crippen molar-refractivity contribution >= 4 is 6.03 Å². The van der Waals surface area contributed by atoms with Crippen molar-refractivity contribution in [2.75, 3.05) is 6.61 Å². The summed E-state index contributed by atoms with van der Waals surface area (Å²) in [6.07, 6.45) is 0. The monoisotopic (exact) mass is 272 g/mol. The van der Waals surface area contributed by atoms with E-state index in [1.807, 2.05) is 13.8 Å². The first kappa shape index (κ1) is 15.2. The van der Waals surface area contributed by atoms with Crippen LogP contribution in [0.15, 0.2) is 18.2 Å². The van der Waals surface area contributed by atoms with E-state index in [1.165, 1.54) is 6.07 Å². The molecular weight excluding hydrogens is 254 g/mol. The molecule has 1 atom stereocenters. The van der Waals surface area contributed by atoms with Crippen molar-refractivity contribution in [3.63, 3.8) is 0 Å². The third kappa shape index (κ3) is 5.54. The largest absolute Gasteiger partial charge is 0.488 e. The Morgan fingerprint density at radius 2 is 1.95 bits per heavy atom. The highest BCUT2D eigenvalue weighted by atomic mass is 19.1. The van der Waals surface area contributed by atoms with Crippen LogP contribution in [0.5, 0.6) is 5.75 Å². The second-order valence-electron chi connectivity index (χ2n) is 4.56. The Morgan fingerprint density at radius 1 is 1.26 bits per heavy atom. The van der Waals surface area contributed by atoms with E-state index in [2.05, 4.69) is 10.6 Å². The lowest BCUT2D eigenvalue weighted by Gasteiger charge is -2.17. The van der Waals surface area contributed by atoms with E-state index in [0.29, 0.717) is 0 Å². The number of rotatable bonds is 5. The van der Waals surface area contributed by atoms with Gasteiger partial charge in [0.05, 0.1) is 6.04 Å². The number of carbonyl (C=O) groups is 1. The molecule has 0 saturated heterocycles. The van der Waals surface area contributed by atoms with E-state index in [1.54, 1.807) is 6.92 Å². The van der Waals surface area contributed by atoms with Gasteiger partial charge in [-0.2, -0.15) is 0 Å². The van der Waals surface area contributed by atoms with Crippen molar-refractivity contribution in [1.82, 2.24) is 10.6 Å². The topological polar surface area (TPSA) is 50.4 Å². The molecule has 0 heterocycles. The van der Waals surface area contributed by atoms with Gasteiger partial charge in [0.1, 0.15) is 12.4 Å². The minimum absolute atomic E-state index is 0.0302. The predicted molar refractivity (Wildman–Crippen MR) is 68.1 cm³/mol. The number of ether oxygens (including phenoxy) is 1. The maximum absolute atomic E-state index is 13.3. The van der Waals surface area contributed by atoms with Gasteiger partial charge in [-0.25, -0.2) is 13.6 Å². The zero-order valence-corrected chi connectivity index (χ0v) is 11.2. The summed E-state index contributed by atoms with van der Waals surface area (Å²) in [6, 6.07) is 2.49. The maximum atomic E-state index is 13.3. The number of carbonyl (C=O) groups excluding carboxylic acids is 1. The van der Waals surface area contributed by atoms with E-state index >= 15 is 0 Å². The molecule has 0 bridgehead atoms. The molecule has 2 N–H and O–H groups in total. The standard InChI is InChI=1S/C13H18F2N2O2/c1-8(2)16-13(18)17-9(3)7-19-12-5-4-10(14)6-11(12)15/h4-6,8-9H,7H2,1-3H3,(H2,16,17,18)/t9-/m1/s1. The Bertz CT molecular complexity index is 439. The fourth-order valence-corrected chi connectivity index (χ4v) is 1.38. The molecule has 1 aromatic rings. The van der Waals surface area contributed by atoms with E-state index in [4.69, 9.17) is 4.74 Å². The summed E-state index contributed by atoms with van der Waals surface area (Å²) in [5.41, 5.74) is 0. The summed E-state index contributed by atoms with van der Waals surface area (Å²) in [4.78, 5) is 11.4. The Hall–Kier alpha value is -1.85. The Labute approximate surface area is 111 Å². The molecule has 0 aliphatic carbocycles. The zero-order chi connectivity index (χ0) is 14.4. The van der Waals surface area contributed by atoms with E-state index in [-0.39, 0.29) is 30.5 Å². The van der Waals surface area contributed by atoms with Crippen LogP contribution in [-0.4, -0.2) is 24.7 Å². The van der Waals surface area contributed by atoms with Crippen LogP contribution in [0.4, 0.5) is 13.6 Å². The second kappa shape index (κ2) is 6.92. The molecule has 1 rings (SSSR count). The molecule has 1 aromatic carbocycles. The highest BCUT2D eigenvalue weighted by Crippen LogP contribution is 2.17. The van der Waals surface area contributed by atoms with Gasteiger partial charge in [0, 0.05) is 12.1 Å². The van der Waals surface area contributed by atoms with Crippen molar-refractivity contribution in [2.45, 2.75) is 32.9 Å². The molecule has 0 radical (unpaired) electrons. The molecule has 0 spiro atoms. The van der Waals surface area contributed by atoms with Crippen LogP contribution in [0.2, 0.25) is 0 Å². The van der Waals surface area contributed by atoms with Gasteiger partial charge < -0.3 is 15.4 Å². The lowest BCUT2D eigenvalue weighted by molar-refractivity contribution is 0.222. The lowest BCUT2D eigenvalue weighted by Crippen LogP contribution is -2.45. The first-order valence-corrected chi connectivity index (χ1v) is 6.03. The molecule has 6 heteroatoms. The van der Waals surface area contributed by atoms with Gasteiger partial charge in [-0.3, -0.25) is 0 Å². The van der Waals surface area contributed by atoms with Crippen molar-refractivity contribution in [2.24, 2.45) is 0 Å². The number of hydrogen-bond donors (Lipinski definition) is 2. The molecule has 2 amide bonds. The normalized spacial score (nSPS) is 12.1. The van der Waals surface area contributed by atoms with Crippen molar-refractivity contribution in [3.8, 4) is 5.75 Å². The number of nitrogens with one attached hydrogen (secondary N) is 2. The van der Waals surface area contributed by atoms with Gasteiger partial charge in [0.2, 0.25) is 0 Å². The van der Waals surface area contributed by atoms with Gasteiger partial charge in [0.15, 0.2) is 11.6 Å². The van der Waals surface area contributed by atoms with Crippen molar-refractivity contribution < 1.29 is 18.3 Å². The van der Waals surface area contributed by atoms with Gasteiger partial charge in [-0.15, -0.1) is 0 Å². The third-order valence-electron chi connectivity index (χ3n) is 2.18. The molecule has 0 fully saturated rings. The highest BCUT2D eigenvalue weighted by molar-refractivity contribution is 5.74. The fourth-order valence-electron chi connectivity index (χ4n) is 1.38. The molecule has 0 unspecified atom stereocenters. The van der Waals surface area contributed by atoms with Crippen LogP contribution >= 0.6 is 0 Å². The minimum Gasteiger partial charge on any atom is -0.488 e. The molecule has 19 heavy (non-hydrogen) atoms. The van der Waals surface area contributed by atoms with E-state index < -0.39 is 11.6 Å². The number of benzene rings is 1. The summed E-state index contributed by atoms with van der Waals surface area (Å²) in [6.45, 7) is 5.50. The lowest BCUT2D eigenvalue weighted by atomic mass is 10.3. The van der Waals surface area contributed by atoms with Crippen LogP contribution in [0.3, 0.4) is 0 Å². The van der Waals surface area contributed by atoms with Crippen molar-refractivity contribution in [3.05, 3.63) is 29.8 Å². The van der Waals surface area contributed by atoms with Crippen LogP contribution in [0.25, 0.3) is 0 Å². The van der Waals surface area contributed by atoms with Gasteiger partial charge >= 0.3 is 6.03 Å². The quantitative estimate of drug-likeness (QED) is 0.865. The van der Waals surface area contributed by atoms with Crippen LogP contribution < -0.4 is 15.4 Å². The molecule has 0 aliphatic rings. The highest BCUT2D eigenvalue weighted by Gasteiger charge is 2.10. The number of urea groups is 1. The zero-order valence-electron chi connectivity index (χ0n) is 11.2. The maximum Gasteiger partial charge on any atom is 0.315 e. The van der Waals surface area contributed by atoms with Crippen LogP contribution in [0, 0.1) is 11.6 Å². The SMILES string of the molecule is CC(C)NC(=O)N[C@H](C)COc1ccc(F)cc1F. The van der Waals surface area contributed by atoms with Gasteiger partial charge in [0.25, 0.3) is 0 Å². The molecule has 106 valence electrons. The second-order valence-corrected chi connectivity index (χ2v) is 4.56.